The maximum absolute atomic E-state index is 16.2. The minimum atomic E-state index is -4.82. The molecule has 0 amide bonds. The van der Waals surface area contributed by atoms with Gasteiger partial charge in [0.25, 0.3) is 10.0 Å². The fourth-order valence-electron chi connectivity index (χ4n) is 5.98. The van der Waals surface area contributed by atoms with Gasteiger partial charge in [-0.05, 0) is 93.3 Å². The van der Waals surface area contributed by atoms with Crippen molar-refractivity contribution in [2.45, 2.75) is 62.7 Å². The Morgan fingerprint density at radius 2 is 1.60 bits per heavy atom. The van der Waals surface area contributed by atoms with Crippen LogP contribution in [0.25, 0.3) is 21.8 Å². The quantitative estimate of drug-likeness (QED) is 0.165. The minimum Gasteiger partial charge on any atom is -0.324 e. The molecule has 1 saturated heterocycles. The number of anilines is 3. The van der Waals surface area contributed by atoms with E-state index in [4.69, 9.17) is 9.97 Å². The molecule has 2 N–H and O–H groups in total. The van der Waals surface area contributed by atoms with Gasteiger partial charge in [0.15, 0.2) is 10.7 Å². The summed E-state index contributed by atoms with van der Waals surface area (Å²) in [7, 11) is -2.63. The molecule has 0 spiro atoms. The summed E-state index contributed by atoms with van der Waals surface area (Å²) in [6, 6.07) is 16.8. The fraction of sp³-hybridized carbons (Fsp3) is 0.324. The third-order valence-electron chi connectivity index (χ3n) is 8.68. The van der Waals surface area contributed by atoms with Crippen molar-refractivity contribution >= 4 is 38.7 Å². The topological polar surface area (TPSA) is 100 Å². The van der Waals surface area contributed by atoms with Gasteiger partial charge in [-0.3, -0.25) is 4.72 Å². The molecule has 0 saturated carbocycles. The SMILES string of the molecule is CN1CCCCC(c2ccc(Nc3nccc(-c4sc(C(C)(C)C)nc4-c4cccc(NS(=O)(=O)c5c(F)cccc5F)c4F)n3)cc2)CC1. The average molecular weight is 721 g/mol. The number of sulfonamides is 1. The van der Waals surface area contributed by atoms with E-state index in [1.807, 2.05) is 37.6 Å². The number of aromatic nitrogens is 3. The molecule has 0 bridgehead atoms. The Morgan fingerprint density at radius 3 is 2.32 bits per heavy atom. The standard InChI is InChI=1S/C37H39F3N6O2S2/c1-37(2,3)35-44-32(26-10-7-13-29(31(26)40)45-50(47,48)34-27(38)11-8-12-28(34)39)33(49-35)30-18-20-41-36(43-30)42-25-16-14-24(15-17-25)23-9-5-6-21-46(4)22-19-23/h7-8,10-18,20,23,45H,5-6,9,19,21-22H2,1-4H3,(H,41,42,43). The number of hydrogen-bond donors (Lipinski definition) is 2. The summed E-state index contributed by atoms with van der Waals surface area (Å²) in [6.07, 6.45) is 6.34. The number of nitrogens with zero attached hydrogens (tertiary/aromatic N) is 4. The molecule has 1 fully saturated rings. The lowest BCUT2D eigenvalue weighted by molar-refractivity contribution is 0.283. The zero-order chi connectivity index (χ0) is 35.6. The Hall–Kier alpha value is -4.33. The summed E-state index contributed by atoms with van der Waals surface area (Å²) in [5.41, 5.74) is 1.97. The van der Waals surface area contributed by atoms with Crippen LogP contribution in [0.1, 0.15) is 62.9 Å². The van der Waals surface area contributed by atoms with Gasteiger partial charge < -0.3 is 10.2 Å². The fourth-order valence-corrected chi connectivity index (χ4v) is 8.28. The van der Waals surface area contributed by atoms with Gasteiger partial charge in [0.05, 0.1) is 27.0 Å². The van der Waals surface area contributed by atoms with Crippen LogP contribution in [0.5, 0.6) is 0 Å². The molecule has 1 atom stereocenters. The number of benzene rings is 3. The van der Waals surface area contributed by atoms with Gasteiger partial charge in [0.1, 0.15) is 11.6 Å². The molecule has 1 unspecified atom stereocenters. The molecule has 2 aromatic heterocycles. The third kappa shape index (κ3) is 7.85. The number of nitrogens with one attached hydrogen (secondary N) is 2. The highest BCUT2D eigenvalue weighted by Gasteiger charge is 2.29. The molecule has 3 heterocycles. The van der Waals surface area contributed by atoms with Gasteiger partial charge in [-0.1, -0.05) is 51.5 Å². The molecule has 50 heavy (non-hydrogen) atoms. The molecule has 6 rings (SSSR count). The van der Waals surface area contributed by atoms with Crippen LogP contribution in [0.3, 0.4) is 0 Å². The Balaban J connectivity index is 1.30. The van der Waals surface area contributed by atoms with Crippen LogP contribution in [0.2, 0.25) is 0 Å². The highest BCUT2D eigenvalue weighted by atomic mass is 32.2. The van der Waals surface area contributed by atoms with E-state index in [-0.39, 0.29) is 11.3 Å². The van der Waals surface area contributed by atoms with Crippen molar-refractivity contribution in [1.29, 1.82) is 0 Å². The van der Waals surface area contributed by atoms with Crippen LogP contribution >= 0.6 is 11.3 Å². The molecule has 8 nitrogen and oxygen atoms in total. The molecule has 1 aliphatic heterocycles. The lowest BCUT2D eigenvalue weighted by Crippen LogP contribution is -2.24. The second kappa shape index (κ2) is 14.5. The largest absolute Gasteiger partial charge is 0.324 e. The average Bonchev–Trinajstić information content (AvgIpc) is 3.51. The Morgan fingerprint density at radius 1 is 0.880 bits per heavy atom. The van der Waals surface area contributed by atoms with Crippen molar-refractivity contribution in [2.24, 2.45) is 0 Å². The normalized spacial score (nSPS) is 16.1. The van der Waals surface area contributed by atoms with E-state index in [2.05, 4.69) is 34.4 Å². The van der Waals surface area contributed by atoms with E-state index >= 15 is 4.39 Å². The minimum absolute atomic E-state index is 0.00919. The molecular weight excluding hydrogens is 682 g/mol. The van der Waals surface area contributed by atoms with Crippen molar-refractivity contribution in [3.05, 3.63) is 101 Å². The molecule has 0 aliphatic carbocycles. The van der Waals surface area contributed by atoms with E-state index in [1.54, 1.807) is 12.3 Å². The van der Waals surface area contributed by atoms with E-state index < -0.39 is 43.5 Å². The molecule has 262 valence electrons. The van der Waals surface area contributed by atoms with Gasteiger partial charge in [-0.15, -0.1) is 11.3 Å². The van der Waals surface area contributed by atoms with E-state index in [0.717, 1.165) is 43.4 Å². The highest BCUT2D eigenvalue weighted by molar-refractivity contribution is 7.92. The number of hydrogen-bond acceptors (Lipinski definition) is 8. The molecule has 5 aromatic rings. The highest BCUT2D eigenvalue weighted by Crippen LogP contribution is 2.42. The predicted octanol–water partition coefficient (Wildman–Crippen LogP) is 9.12. The van der Waals surface area contributed by atoms with Crippen molar-refractivity contribution in [2.75, 3.05) is 30.2 Å². The smallest absolute Gasteiger partial charge is 0.267 e. The number of likely N-dealkylation sites (tertiary alicyclic amines) is 1. The summed E-state index contributed by atoms with van der Waals surface area (Å²) in [5, 5.41) is 3.98. The van der Waals surface area contributed by atoms with Crippen LogP contribution in [-0.4, -0.2) is 48.4 Å². The van der Waals surface area contributed by atoms with Crippen LogP contribution in [0.15, 0.2) is 77.8 Å². The second-order valence-corrected chi connectivity index (χ2v) is 16.2. The maximum atomic E-state index is 16.2. The predicted molar refractivity (Wildman–Crippen MR) is 193 cm³/mol. The number of rotatable bonds is 8. The first-order valence-electron chi connectivity index (χ1n) is 16.5. The summed E-state index contributed by atoms with van der Waals surface area (Å²) in [6.45, 7) is 8.18. The zero-order valence-corrected chi connectivity index (χ0v) is 29.9. The van der Waals surface area contributed by atoms with Crippen LogP contribution in [0, 0.1) is 17.5 Å². The number of halogens is 3. The summed E-state index contributed by atoms with van der Waals surface area (Å²) < 4.78 is 73.0. The van der Waals surface area contributed by atoms with Crippen molar-refractivity contribution in [3.8, 4) is 21.8 Å². The van der Waals surface area contributed by atoms with E-state index in [9.17, 15) is 17.2 Å². The third-order valence-corrected chi connectivity index (χ3v) is 11.6. The lowest BCUT2D eigenvalue weighted by Gasteiger charge is -2.25. The summed E-state index contributed by atoms with van der Waals surface area (Å²) in [4.78, 5) is 15.7. The summed E-state index contributed by atoms with van der Waals surface area (Å²) >= 11 is 1.34. The van der Waals surface area contributed by atoms with Gasteiger partial charge in [0, 0.05) is 22.9 Å². The molecule has 3 aromatic carbocycles. The molecular formula is C37H39F3N6O2S2. The van der Waals surface area contributed by atoms with Crippen molar-refractivity contribution in [1.82, 2.24) is 19.9 Å². The first-order chi connectivity index (χ1) is 23.8. The van der Waals surface area contributed by atoms with Crippen molar-refractivity contribution < 1.29 is 21.6 Å². The van der Waals surface area contributed by atoms with Crippen LogP contribution < -0.4 is 10.0 Å². The van der Waals surface area contributed by atoms with Crippen molar-refractivity contribution in [3.63, 3.8) is 0 Å². The van der Waals surface area contributed by atoms with Gasteiger partial charge in [-0.25, -0.2) is 36.5 Å². The Bertz CT molecular complexity index is 2080. The Labute approximate surface area is 294 Å². The lowest BCUT2D eigenvalue weighted by atomic mass is 9.89. The van der Waals surface area contributed by atoms with E-state index in [1.165, 1.54) is 54.4 Å². The maximum Gasteiger partial charge on any atom is 0.267 e. The first-order valence-corrected chi connectivity index (χ1v) is 18.8. The first kappa shape index (κ1) is 35.5. The summed E-state index contributed by atoms with van der Waals surface area (Å²) in [5.74, 6) is -2.68. The van der Waals surface area contributed by atoms with Crippen LogP contribution in [0.4, 0.5) is 30.5 Å². The van der Waals surface area contributed by atoms with Gasteiger partial charge in [0.2, 0.25) is 5.95 Å². The zero-order valence-electron chi connectivity index (χ0n) is 28.3. The van der Waals surface area contributed by atoms with E-state index in [0.29, 0.717) is 27.4 Å². The Kier molecular flexibility index (Phi) is 10.3. The van der Waals surface area contributed by atoms with Crippen LogP contribution in [-0.2, 0) is 15.4 Å². The molecule has 13 heteroatoms. The number of thiazole rings is 1. The second-order valence-electron chi connectivity index (χ2n) is 13.6. The molecule has 1 aliphatic rings. The monoisotopic (exact) mass is 720 g/mol. The van der Waals surface area contributed by atoms with Gasteiger partial charge >= 0.3 is 0 Å². The van der Waals surface area contributed by atoms with Gasteiger partial charge in [-0.2, -0.15) is 0 Å². The molecule has 0 radical (unpaired) electrons.